The summed E-state index contributed by atoms with van der Waals surface area (Å²) in [5, 5.41) is 2.13. The molecule has 0 fully saturated rings. The number of imide groups is 1. The Labute approximate surface area is 144 Å². The summed E-state index contributed by atoms with van der Waals surface area (Å²) in [6, 6.07) is 8.20. The quantitative estimate of drug-likeness (QED) is 0.638. The number of ether oxygens (including phenoxy) is 1. The molecule has 0 saturated carbocycles. The van der Waals surface area contributed by atoms with E-state index in [9.17, 15) is 19.2 Å². The largest absolute Gasteiger partial charge is 0.451 e. The molecule has 0 aliphatic rings. The second kappa shape index (κ2) is 7.57. The van der Waals surface area contributed by atoms with Gasteiger partial charge in [0.05, 0.1) is 0 Å². The van der Waals surface area contributed by atoms with Gasteiger partial charge in [0.15, 0.2) is 12.4 Å². The first-order valence-corrected chi connectivity index (χ1v) is 7.57. The first-order chi connectivity index (χ1) is 11.8. The molecule has 0 unspecified atom stereocenters. The third kappa shape index (κ3) is 4.20. The highest BCUT2D eigenvalue weighted by Gasteiger charge is 2.21. The molecule has 0 saturated heterocycles. The summed E-state index contributed by atoms with van der Waals surface area (Å²) >= 11 is 0. The molecule has 2 N–H and O–H groups in total. The second-order valence-corrected chi connectivity index (χ2v) is 5.50. The van der Waals surface area contributed by atoms with Crippen LogP contribution in [0.5, 0.6) is 0 Å². The lowest BCUT2D eigenvalue weighted by Crippen LogP contribution is -2.34. The minimum absolute atomic E-state index is 0.116. The molecule has 1 aromatic heterocycles. The van der Waals surface area contributed by atoms with Crippen LogP contribution in [0, 0.1) is 13.8 Å². The average Bonchev–Trinajstić information content (AvgIpc) is 2.88. The van der Waals surface area contributed by atoms with Crippen LogP contribution in [0.1, 0.15) is 49.4 Å². The zero-order valence-corrected chi connectivity index (χ0v) is 14.1. The number of carbonyl (C=O) groups excluding carboxylic acids is 4. The molecule has 0 aliphatic heterocycles. The number of ketones is 1. The smallest absolute Gasteiger partial charge is 0.355 e. The molecule has 0 radical (unpaired) electrons. The maximum atomic E-state index is 12.1. The van der Waals surface area contributed by atoms with Crippen molar-refractivity contribution in [1.29, 1.82) is 0 Å². The van der Waals surface area contributed by atoms with Crippen LogP contribution in [-0.2, 0) is 9.53 Å². The van der Waals surface area contributed by atoms with E-state index < -0.39 is 24.4 Å². The Morgan fingerprint density at radius 1 is 1.08 bits per heavy atom. The lowest BCUT2D eigenvalue weighted by molar-refractivity contribution is -0.123. The summed E-state index contributed by atoms with van der Waals surface area (Å²) < 4.78 is 4.91. The van der Waals surface area contributed by atoms with Crippen LogP contribution in [0.4, 0.5) is 0 Å². The molecule has 25 heavy (non-hydrogen) atoms. The zero-order chi connectivity index (χ0) is 18.6. The molecule has 2 amide bonds. The van der Waals surface area contributed by atoms with Gasteiger partial charge in [-0.1, -0.05) is 18.2 Å². The monoisotopic (exact) mass is 342 g/mol. The normalized spacial score (nSPS) is 10.2. The van der Waals surface area contributed by atoms with Crippen molar-refractivity contribution in [3.8, 4) is 0 Å². The molecular weight excluding hydrogens is 324 g/mol. The summed E-state index contributed by atoms with van der Waals surface area (Å²) in [7, 11) is 0. The van der Waals surface area contributed by atoms with Crippen LogP contribution in [0.25, 0.3) is 0 Å². The van der Waals surface area contributed by atoms with Crippen molar-refractivity contribution in [1.82, 2.24) is 10.3 Å². The van der Waals surface area contributed by atoms with Gasteiger partial charge in [-0.15, -0.1) is 0 Å². The van der Waals surface area contributed by atoms with E-state index >= 15 is 0 Å². The Kier molecular flexibility index (Phi) is 5.49. The predicted molar refractivity (Wildman–Crippen MR) is 89.5 cm³/mol. The maximum absolute atomic E-state index is 12.1. The minimum atomic E-state index is -0.768. The summed E-state index contributed by atoms with van der Waals surface area (Å²) in [5.74, 6) is -2.26. The van der Waals surface area contributed by atoms with Crippen LogP contribution in [0.15, 0.2) is 30.3 Å². The fraction of sp³-hybridized carbons (Fsp3) is 0.222. The fourth-order valence-electron chi connectivity index (χ4n) is 2.51. The molecule has 130 valence electrons. The van der Waals surface area contributed by atoms with Crippen LogP contribution >= 0.6 is 0 Å². The SMILES string of the molecule is CC(=O)c1c(C)[nH]c(C(=O)OCC(=O)NC(=O)c2ccccc2)c1C. The molecule has 1 heterocycles. The Bertz CT molecular complexity index is 837. The molecule has 0 spiro atoms. The van der Waals surface area contributed by atoms with E-state index in [1.54, 1.807) is 44.2 Å². The predicted octanol–water partition coefficient (Wildman–Crippen LogP) is 1.95. The van der Waals surface area contributed by atoms with Gasteiger partial charge in [0.1, 0.15) is 5.69 Å². The van der Waals surface area contributed by atoms with E-state index in [-0.39, 0.29) is 11.5 Å². The van der Waals surface area contributed by atoms with Crippen molar-refractivity contribution < 1.29 is 23.9 Å². The lowest BCUT2D eigenvalue weighted by atomic mass is 10.1. The zero-order valence-electron chi connectivity index (χ0n) is 14.1. The summed E-state index contributed by atoms with van der Waals surface area (Å²) in [4.78, 5) is 50.0. The Hall–Kier alpha value is -3.22. The van der Waals surface area contributed by atoms with E-state index in [4.69, 9.17) is 4.74 Å². The number of aromatic amines is 1. The van der Waals surface area contributed by atoms with Gasteiger partial charge < -0.3 is 9.72 Å². The standard InChI is InChI=1S/C18H18N2O5/c1-10-15(12(3)21)11(2)19-16(10)18(24)25-9-14(22)20-17(23)13-7-5-4-6-8-13/h4-8,19H,9H2,1-3H3,(H,20,22,23). The molecule has 7 nitrogen and oxygen atoms in total. The third-order valence-corrected chi connectivity index (χ3v) is 3.62. The third-order valence-electron chi connectivity index (χ3n) is 3.62. The first-order valence-electron chi connectivity index (χ1n) is 7.57. The number of hydrogen-bond acceptors (Lipinski definition) is 5. The van der Waals surface area contributed by atoms with Gasteiger partial charge >= 0.3 is 5.97 Å². The van der Waals surface area contributed by atoms with Gasteiger partial charge in [0, 0.05) is 16.8 Å². The first kappa shape index (κ1) is 18.1. The van der Waals surface area contributed by atoms with Gasteiger partial charge in [-0.3, -0.25) is 19.7 Å². The molecule has 0 aliphatic carbocycles. The molecule has 1 aromatic carbocycles. The van der Waals surface area contributed by atoms with Gasteiger partial charge in [-0.05, 0) is 38.5 Å². The Morgan fingerprint density at radius 2 is 1.72 bits per heavy atom. The van der Waals surface area contributed by atoms with E-state index in [0.717, 1.165) is 0 Å². The second-order valence-electron chi connectivity index (χ2n) is 5.50. The molecule has 0 bridgehead atoms. The maximum Gasteiger partial charge on any atom is 0.355 e. The number of carbonyl (C=O) groups is 4. The van der Waals surface area contributed by atoms with Gasteiger partial charge in [0.2, 0.25) is 0 Å². The van der Waals surface area contributed by atoms with Gasteiger partial charge in [-0.2, -0.15) is 0 Å². The Morgan fingerprint density at radius 3 is 2.28 bits per heavy atom. The highest BCUT2D eigenvalue weighted by atomic mass is 16.5. The number of rotatable bonds is 5. The number of Topliss-reactive ketones (excluding diaryl/α,β-unsaturated/α-hetero) is 1. The molecule has 2 rings (SSSR count). The number of hydrogen-bond donors (Lipinski definition) is 2. The topological polar surface area (TPSA) is 105 Å². The number of benzene rings is 1. The van der Waals surface area contributed by atoms with Crippen molar-refractivity contribution in [2.24, 2.45) is 0 Å². The van der Waals surface area contributed by atoms with Crippen molar-refractivity contribution in [2.45, 2.75) is 20.8 Å². The van der Waals surface area contributed by atoms with Gasteiger partial charge in [-0.25, -0.2) is 4.79 Å². The number of aryl methyl sites for hydroxylation is 1. The highest BCUT2D eigenvalue weighted by molar-refractivity contribution is 6.05. The number of nitrogens with one attached hydrogen (secondary N) is 2. The van der Waals surface area contributed by atoms with Crippen molar-refractivity contribution in [2.75, 3.05) is 6.61 Å². The summed E-state index contributed by atoms with van der Waals surface area (Å²) in [5.41, 5.74) is 1.89. The number of aromatic nitrogens is 1. The van der Waals surface area contributed by atoms with E-state index in [2.05, 4.69) is 10.3 Å². The van der Waals surface area contributed by atoms with Crippen LogP contribution in [0.2, 0.25) is 0 Å². The van der Waals surface area contributed by atoms with E-state index in [1.807, 2.05) is 0 Å². The Balaban J connectivity index is 1.96. The molecule has 0 atom stereocenters. The lowest BCUT2D eigenvalue weighted by Gasteiger charge is -2.06. The van der Waals surface area contributed by atoms with Crippen molar-refractivity contribution in [3.63, 3.8) is 0 Å². The van der Waals surface area contributed by atoms with Gasteiger partial charge in [0.25, 0.3) is 11.8 Å². The van der Waals surface area contributed by atoms with Crippen molar-refractivity contribution >= 4 is 23.6 Å². The van der Waals surface area contributed by atoms with Crippen LogP contribution in [-0.4, -0.2) is 35.2 Å². The molecule has 7 heteroatoms. The number of H-pyrrole nitrogens is 1. The number of esters is 1. The van der Waals surface area contributed by atoms with E-state index in [0.29, 0.717) is 22.4 Å². The van der Waals surface area contributed by atoms with Crippen LogP contribution < -0.4 is 5.32 Å². The number of amides is 2. The highest BCUT2D eigenvalue weighted by Crippen LogP contribution is 2.19. The summed E-state index contributed by atoms with van der Waals surface area (Å²) in [6.07, 6.45) is 0. The molecule has 2 aromatic rings. The minimum Gasteiger partial charge on any atom is -0.451 e. The molecular formula is C18H18N2O5. The van der Waals surface area contributed by atoms with Crippen molar-refractivity contribution in [3.05, 3.63) is 58.4 Å². The average molecular weight is 342 g/mol. The fourth-order valence-corrected chi connectivity index (χ4v) is 2.51. The van der Waals surface area contributed by atoms with Crippen LogP contribution in [0.3, 0.4) is 0 Å². The summed E-state index contributed by atoms with van der Waals surface area (Å²) in [6.45, 7) is 4.09. The van der Waals surface area contributed by atoms with E-state index in [1.165, 1.54) is 6.92 Å².